The summed E-state index contributed by atoms with van der Waals surface area (Å²) in [6.07, 6.45) is 2.87. The Morgan fingerprint density at radius 3 is 2.60 bits per heavy atom. The van der Waals surface area contributed by atoms with Crippen molar-refractivity contribution in [1.82, 2.24) is 25.0 Å². The summed E-state index contributed by atoms with van der Waals surface area (Å²) >= 11 is 1.61. The predicted molar refractivity (Wildman–Crippen MR) is 136 cm³/mol. The van der Waals surface area contributed by atoms with E-state index in [1.54, 1.807) is 34.5 Å². The Labute approximate surface area is 210 Å². The number of aromatic nitrogens is 3. The van der Waals surface area contributed by atoms with Crippen LogP contribution in [0.1, 0.15) is 56.1 Å². The van der Waals surface area contributed by atoms with Gasteiger partial charge in [0, 0.05) is 25.4 Å². The Bertz CT molecular complexity index is 1190. The van der Waals surface area contributed by atoms with E-state index in [4.69, 9.17) is 0 Å². The Hall–Kier alpha value is -3.04. The molecule has 2 aromatic heterocycles. The molecule has 9 heteroatoms. The lowest BCUT2D eigenvalue weighted by atomic mass is 9.98. The number of hydrogen-bond donors (Lipinski definition) is 2. The van der Waals surface area contributed by atoms with E-state index in [-0.39, 0.29) is 36.7 Å². The molecule has 3 aromatic rings. The minimum atomic E-state index is -0.737. The van der Waals surface area contributed by atoms with E-state index in [0.29, 0.717) is 0 Å². The maximum Gasteiger partial charge on any atom is 0.248 e. The molecule has 8 nitrogen and oxygen atoms in total. The Balaban J connectivity index is 1.50. The first-order valence-electron chi connectivity index (χ1n) is 12.0. The number of rotatable bonds is 7. The molecule has 0 aliphatic carbocycles. The van der Waals surface area contributed by atoms with Crippen molar-refractivity contribution in [3.8, 4) is 10.4 Å². The zero-order valence-electron chi connectivity index (χ0n) is 20.8. The van der Waals surface area contributed by atoms with Gasteiger partial charge in [-0.2, -0.15) is 5.10 Å². The third-order valence-electron chi connectivity index (χ3n) is 6.66. The van der Waals surface area contributed by atoms with Gasteiger partial charge in [-0.3, -0.25) is 14.3 Å². The second-order valence-electron chi connectivity index (χ2n) is 9.64. The van der Waals surface area contributed by atoms with Crippen molar-refractivity contribution >= 4 is 23.2 Å². The number of aliphatic hydroxyl groups excluding tert-OH is 1. The van der Waals surface area contributed by atoms with Gasteiger partial charge in [-0.05, 0) is 49.4 Å². The van der Waals surface area contributed by atoms with Crippen LogP contribution in [0, 0.1) is 19.8 Å². The van der Waals surface area contributed by atoms with E-state index in [2.05, 4.69) is 27.5 Å². The highest BCUT2D eigenvalue weighted by Gasteiger charge is 2.42. The smallest absolute Gasteiger partial charge is 0.248 e. The number of nitrogens with zero attached hydrogens (tertiary/aromatic N) is 4. The van der Waals surface area contributed by atoms with Gasteiger partial charge in [0.1, 0.15) is 12.1 Å². The molecule has 4 rings (SSSR count). The van der Waals surface area contributed by atoms with Crippen LogP contribution >= 0.6 is 11.3 Å². The molecule has 0 spiro atoms. The van der Waals surface area contributed by atoms with E-state index >= 15 is 0 Å². The third kappa shape index (κ3) is 5.16. The number of hydrogen-bond acceptors (Lipinski definition) is 6. The number of β-amino-alcohol motifs (C(OH)–C–C–N with tert-alkyl or cyclic N) is 1. The van der Waals surface area contributed by atoms with Crippen LogP contribution in [0.15, 0.2) is 42.2 Å². The van der Waals surface area contributed by atoms with E-state index in [1.807, 2.05) is 46.2 Å². The molecule has 4 atom stereocenters. The number of benzene rings is 1. The molecule has 1 aromatic carbocycles. The summed E-state index contributed by atoms with van der Waals surface area (Å²) in [6.45, 7) is 10.0. The van der Waals surface area contributed by atoms with Gasteiger partial charge in [0.2, 0.25) is 11.8 Å². The van der Waals surface area contributed by atoms with Crippen molar-refractivity contribution in [3.63, 3.8) is 0 Å². The molecule has 35 heavy (non-hydrogen) atoms. The normalized spacial score (nSPS) is 19.7. The van der Waals surface area contributed by atoms with Gasteiger partial charge in [0.05, 0.1) is 28.2 Å². The van der Waals surface area contributed by atoms with Crippen molar-refractivity contribution in [2.75, 3.05) is 6.54 Å². The molecule has 0 radical (unpaired) electrons. The molecule has 0 saturated carbocycles. The van der Waals surface area contributed by atoms with Crippen LogP contribution < -0.4 is 5.32 Å². The quantitative estimate of drug-likeness (QED) is 0.521. The van der Waals surface area contributed by atoms with E-state index in [9.17, 15) is 14.7 Å². The highest BCUT2D eigenvalue weighted by molar-refractivity contribution is 7.13. The van der Waals surface area contributed by atoms with Crippen molar-refractivity contribution in [2.24, 2.45) is 5.92 Å². The standard InChI is InChI=1S/C26H33N5O3S/c1-15(2)23(31-10-6-9-28-31)26(34)30-13-20(32)12-22(30)25(33)29-17(4)21-8-7-19(11-16(21)3)24-18(5)27-14-35-24/h6-11,14-15,17,20,22-23,32H,12-13H2,1-5H3,(H,29,33)/t17-,20+,22-,23-/m0/s1. The van der Waals surface area contributed by atoms with Crippen LogP contribution in [-0.4, -0.2) is 55.3 Å². The number of likely N-dealkylation sites (tertiary alicyclic amines) is 1. The number of aliphatic hydroxyl groups is 1. The second kappa shape index (κ2) is 10.3. The first-order valence-corrected chi connectivity index (χ1v) is 12.8. The van der Waals surface area contributed by atoms with Crippen LogP contribution in [0.2, 0.25) is 0 Å². The SMILES string of the molecule is Cc1cc(-c2scnc2C)ccc1[C@H](C)NC(=O)[C@@H]1C[C@@H](O)CN1C(=O)[C@H](C(C)C)n1cccn1. The van der Waals surface area contributed by atoms with Crippen LogP contribution in [0.25, 0.3) is 10.4 Å². The predicted octanol–water partition coefficient (Wildman–Crippen LogP) is 3.66. The van der Waals surface area contributed by atoms with E-state index < -0.39 is 18.2 Å². The van der Waals surface area contributed by atoms with Gasteiger partial charge in [0.15, 0.2) is 0 Å². The minimum absolute atomic E-state index is 0.0221. The number of carbonyl (C=O) groups is 2. The molecule has 1 saturated heterocycles. The van der Waals surface area contributed by atoms with E-state index in [0.717, 1.165) is 27.3 Å². The number of carbonyl (C=O) groups excluding carboxylic acids is 2. The van der Waals surface area contributed by atoms with Gasteiger partial charge < -0.3 is 15.3 Å². The molecular formula is C26H33N5O3S. The lowest BCUT2D eigenvalue weighted by molar-refractivity contribution is -0.142. The highest BCUT2D eigenvalue weighted by Crippen LogP contribution is 2.31. The fourth-order valence-electron chi connectivity index (χ4n) is 4.89. The molecule has 1 aliphatic heterocycles. The first kappa shape index (κ1) is 25.1. The summed E-state index contributed by atoms with van der Waals surface area (Å²) in [5.41, 5.74) is 6.04. The molecule has 1 fully saturated rings. The monoisotopic (exact) mass is 495 g/mol. The van der Waals surface area contributed by atoms with Crippen molar-refractivity contribution in [2.45, 2.75) is 65.3 Å². The fraction of sp³-hybridized carbons (Fsp3) is 0.462. The van der Waals surface area contributed by atoms with Crippen molar-refractivity contribution in [1.29, 1.82) is 0 Å². The summed E-state index contributed by atoms with van der Waals surface area (Å²) in [6, 6.07) is 6.47. The van der Waals surface area contributed by atoms with Crippen LogP contribution in [-0.2, 0) is 9.59 Å². The lowest BCUT2D eigenvalue weighted by Gasteiger charge is -2.30. The summed E-state index contributed by atoms with van der Waals surface area (Å²) in [5, 5.41) is 17.7. The summed E-state index contributed by atoms with van der Waals surface area (Å²) in [5.74, 6) is -0.480. The molecular weight excluding hydrogens is 462 g/mol. The number of aryl methyl sites for hydroxylation is 2. The zero-order valence-corrected chi connectivity index (χ0v) is 21.6. The van der Waals surface area contributed by atoms with Crippen LogP contribution in [0.4, 0.5) is 0 Å². The third-order valence-corrected chi connectivity index (χ3v) is 7.64. The van der Waals surface area contributed by atoms with Gasteiger partial charge in [-0.15, -0.1) is 11.3 Å². The topological polar surface area (TPSA) is 100 Å². The van der Waals surface area contributed by atoms with Gasteiger partial charge in [0.25, 0.3) is 0 Å². The molecule has 1 aliphatic rings. The second-order valence-corrected chi connectivity index (χ2v) is 10.5. The maximum atomic E-state index is 13.5. The van der Waals surface area contributed by atoms with Crippen LogP contribution in [0.3, 0.4) is 0 Å². The minimum Gasteiger partial charge on any atom is -0.391 e. The number of thiazole rings is 1. The van der Waals surface area contributed by atoms with Crippen molar-refractivity contribution < 1.29 is 14.7 Å². The molecule has 2 amide bonds. The average Bonchev–Trinajstić information content (AvgIpc) is 3.55. The van der Waals surface area contributed by atoms with Gasteiger partial charge in [-0.25, -0.2) is 4.98 Å². The summed E-state index contributed by atoms with van der Waals surface area (Å²) < 4.78 is 1.63. The summed E-state index contributed by atoms with van der Waals surface area (Å²) in [4.78, 5) is 33.8. The van der Waals surface area contributed by atoms with E-state index in [1.165, 1.54) is 4.90 Å². The number of amides is 2. The lowest BCUT2D eigenvalue weighted by Crippen LogP contribution is -2.49. The largest absolute Gasteiger partial charge is 0.391 e. The Morgan fingerprint density at radius 2 is 2.00 bits per heavy atom. The number of nitrogens with one attached hydrogen (secondary N) is 1. The molecule has 0 unspecified atom stereocenters. The molecule has 0 bridgehead atoms. The first-order chi connectivity index (χ1) is 16.7. The molecule has 3 heterocycles. The van der Waals surface area contributed by atoms with Gasteiger partial charge in [-0.1, -0.05) is 32.0 Å². The Morgan fingerprint density at radius 1 is 1.23 bits per heavy atom. The Kier molecular flexibility index (Phi) is 7.37. The zero-order chi connectivity index (χ0) is 25.3. The van der Waals surface area contributed by atoms with Gasteiger partial charge >= 0.3 is 0 Å². The highest BCUT2D eigenvalue weighted by atomic mass is 32.1. The average molecular weight is 496 g/mol. The maximum absolute atomic E-state index is 13.5. The molecule has 2 N–H and O–H groups in total. The van der Waals surface area contributed by atoms with Crippen molar-refractivity contribution in [3.05, 3.63) is 59.0 Å². The van der Waals surface area contributed by atoms with Crippen LogP contribution in [0.5, 0.6) is 0 Å². The fourth-order valence-corrected chi connectivity index (χ4v) is 5.70. The summed E-state index contributed by atoms with van der Waals surface area (Å²) in [7, 11) is 0. The molecule has 186 valence electrons.